The lowest BCUT2D eigenvalue weighted by Crippen LogP contribution is -2.15. The number of nitrogens with one attached hydrogen (secondary N) is 2. The average Bonchev–Trinajstić information content (AvgIpc) is 2.59. The second kappa shape index (κ2) is 6.67. The molecule has 1 saturated carbocycles. The molecule has 0 saturated heterocycles. The van der Waals surface area contributed by atoms with Gasteiger partial charge >= 0.3 is 0 Å². The Labute approximate surface area is 150 Å². The van der Waals surface area contributed by atoms with Gasteiger partial charge in [0.05, 0.1) is 19.9 Å². The number of aromatic amines is 1. The van der Waals surface area contributed by atoms with Crippen molar-refractivity contribution in [3.63, 3.8) is 0 Å². The SMILES string of the molecule is COc1cc(Nc2nc(C3CCC3)c3ccc(=O)[nH]c3n2)cc(OC)c1. The molecule has 0 amide bonds. The van der Waals surface area contributed by atoms with Crippen molar-refractivity contribution >= 4 is 22.7 Å². The van der Waals surface area contributed by atoms with E-state index in [-0.39, 0.29) is 5.56 Å². The van der Waals surface area contributed by atoms with E-state index in [4.69, 9.17) is 14.5 Å². The Morgan fingerprint density at radius 2 is 1.81 bits per heavy atom. The molecule has 1 fully saturated rings. The third-order valence-corrected chi connectivity index (χ3v) is 4.72. The van der Waals surface area contributed by atoms with E-state index in [1.807, 2.05) is 12.1 Å². The van der Waals surface area contributed by atoms with Crippen LogP contribution in [0.1, 0.15) is 30.9 Å². The number of methoxy groups -OCH3 is 2. The maximum Gasteiger partial charge on any atom is 0.249 e. The third kappa shape index (κ3) is 3.08. The van der Waals surface area contributed by atoms with Gasteiger partial charge in [-0.1, -0.05) is 6.42 Å². The van der Waals surface area contributed by atoms with Crippen LogP contribution in [0.3, 0.4) is 0 Å². The van der Waals surface area contributed by atoms with Crippen molar-refractivity contribution in [3.8, 4) is 11.5 Å². The van der Waals surface area contributed by atoms with Crippen LogP contribution in [-0.4, -0.2) is 29.2 Å². The van der Waals surface area contributed by atoms with Gasteiger partial charge in [0.1, 0.15) is 17.1 Å². The Hall–Kier alpha value is -3.09. The second-order valence-electron chi connectivity index (χ2n) is 6.37. The predicted octanol–water partition coefficient (Wildman–Crippen LogP) is 3.35. The molecule has 0 aliphatic heterocycles. The van der Waals surface area contributed by atoms with Crippen LogP contribution in [-0.2, 0) is 0 Å². The molecule has 1 aliphatic rings. The zero-order chi connectivity index (χ0) is 18.1. The molecule has 2 heterocycles. The van der Waals surface area contributed by atoms with Crippen LogP contribution in [0, 0.1) is 0 Å². The standard InChI is InChI=1S/C19H20N4O3/c1-25-13-8-12(9-14(10-13)26-2)20-19-22-17(11-4-3-5-11)15-6-7-16(24)21-18(15)23-19/h6-11H,3-5H2,1-2H3,(H2,20,21,22,23,24). The van der Waals surface area contributed by atoms with Crippen molar-refractivity contribution in [1.29, 1.82) is 0 Å². The molecule has 2 aromatic heterocycles. The summed E-state index contributed by atoms with van der Waals surface area (Å²) in [6, 6.07) is 8.80. The van der Waals surface area contributed by atoms with E-state index >= 15 is 0 Å². The molecule has 1 aliphatic carbocycles. The molecule has 0 bridgehead atoms. The molecule has 4 rings (SSSR count). The molecule has 134 valence electrons. The first-order valence-corrected chi connectivity index (χ1v) is 8.57. The number of fused-ring (bicyclic) bond motifs is 1. The highest BCUT2D eigenvalue weighted by atomic mass is 16.5. The highest BCUT2D eigenvalue weighted by molar-refractivity contribution is 5.79. The van der Waals surface area contributed by atoms with Crippen LogP contribution in [0.15, 0.2) is 35.1 Å². The number of H-pyrrole nitrogens is 1. The van der Waals surface area contributed by atoms with Crippen molar-refractivity contribution in [2.24, 2.45) is 0 Å². The van der Waals surface area contributed by atoms with Crippen LogP contribution in [0.25, 0.3) is 11.0 Å². The molecular weight excluding hydrogens is 332 g/mol. The van der Waals surface area contributed by atoms with Crippen molar-refractivity contribution < 1.29 is 9.47 Å². The normalized spacial score (nSPS) is 14.1. The van der Waals surface area contributed by atoms with Gasteiger partial charge in [-0.15, -0.1) is 0 Å². The fourth-order valence-corrected chi connectivity index (χ4v) is 3.12. The Morgan fingerprint density at radius 3 is 2.42 bits per heavy atom. The molecule has 3 aromatic rings. The summed E-state index contributed by atoms with van der Waals surface area (Å²) in [6.07, 6.45) is 3.42. The van der Waals surface area contributed by atoms with Crippen LogP contribution >= 0.6 is 0 Å². The Bertz CT molecular complexity index is 989. The third-order valence-electron chi connectivity index (χ3n) is 4.72. The lowest BCUT2D eigenvalue weighted by molar-refractivity contribution is 0.395. The first kappa shape index (κ1) is 16.4. The maximum absolute atomic E-state index is 11.7. The van der Waals surface area contributed by atoms with Gasteiger partial charge in [0.15, 0.2) is 0 Å². The van der Waals surface area contributed by atoms with E-state index in [0.29, 0.717) is 29.0 Å². The summed E-state index contributed by atoms with van der Waals surface area (Å²) in [5.41, 5.74) is 2.10. The van der Waals surface area contributed by atoms with Crippen molar-refractivity contribution in [2.75, 3.05) is 19.5 Å². The van der Waals surface area contributed by atoms with Crippen molar-refractivity contribution in [1.82, 2.24) is 15.0 Å². The average molecular weight is 352 g/mol. The minimum absolute atomic E-state index is 0.176. The summed E-state index contributed by atoms with van der Waals surface area (Å²) in [5.74, 6) is 2.18. The number of ether oxygens (including phenoxy) is 2. The van der Waals surface area contributed by atoms with Crippen LogP contribution in [0.5, 0.6) is 11.5 Å². The highest BCUT2D eigenvalue weighted by Crippen LogP contribution is 2.38. The zero-order valence-corrected chi connectivity index (χ0v) is 14.7. The molecule has 2 N–H and O–H groups in total. The molecule has 0 radical (unpaired) electrons. The van der Waals surface area contributed by atoms with Gasteiger partial charge in [-0.05, 0) is 18.9 Å². The molecule has 7 nitrogen and oxygen atoms in total. The number of hydrogen-bond acceptors (Lipinski definition) is 6. The fraction of sp³-hybridized carbons (Fsp3) is 0.316. The fourth-order valence-electron chi connectivity index (χ4n) is 3.12. The van der Waals surface area contributed by atoms with Gasteiger partial charge in [0.25, 0.3) is 0 Å². The number of nitrogens with zero attached hydrogens (tertiary/aromatic N) is 2. The number of pyridine rings is 1. The van der Waals surface area contributed by atoms with E-state index in [1.54, 1.807) is 26.4 Å². The quantitative estimate of drug-likeness (QED) is 0.732. The van der Waals surface area contributed by atoms with Gasteiger partial charge < -0.3 is 19.8 Å². The first-order chi connectivity index (χ1) is 12.7. The predicted molar refractivity (Wildman–Crippen MR) is 99.6 cm³/mol. The summed E-state index contributed by atoms with van der Waals surface area (Å²) in [4.78, 5) is 23.7. The number of benzene rings is 1. The van der Waals surface area contributed by atoms with E-state index in [9.17, 15) is 4.79 Å². The van der Waals surface area contributed by atoms with Crippen LogP contribution < -0.4 is 20.3 Å². The molecule has 0 unspecified atom stereocenters. The van der Waals surface area contributed by atoms with E-state index in [0.717, 1.165) is 29.6 Å². The number of rotatable bonds is 5. The number of anilines is 2. The molecule has 7 heteroatoms. The summed E-state index contributed by atoms with van der Waals surface area (Å²) < 4.78 is 10.6. The Kier molecular flexibility index (Phi) is 4.20. The Balaban J connectivity index is 1.78. The van der Waals surface area contributed by atoms with E-state index in [2.05, 4.69) is 15.3 Å². The summed E-state index contributed by atoms with van der Waals surface area (Å²) >= 11 is 0. The lowest BCUT2D eigenvalue weighted by Gasteiger charge is -2.26. The zero-order valence-electron chi connectivity index (χ0n) is 14.7. The minimum Gasteiger partial charge on any atom is -0.497 e. The number of aromatic nitrogens is 3. The molecular formula is C19H20N4O3. The van der Waals surface area contributed by atoms with Gasteiger partial charge in [-0.25, -0.2) is 4.98 Å². The minimum atomic E-state index is -0.176. The van der Waals surface area contributed by atoms with Crippen molar-refractivity contribution in [3.05, 3.63) is 46.4 Å². The highest BCUT2D eigenvalue weighted by Gasteiger charge is 2.24. The summed E-state index contributed by atoms with van der Waals surface area (Å²) in [7, 11) is 3.20. The second-order valence-corrected chi connectivity index (χ2v) is 6.37. The molecule has 0 atom stereocenters. The lowest BCUT2D eigenvalue weighted by atomic mass is 9.82. The van der Waals surface area contributed by atoms with Gasteiger partial charge in [0.2, 0.25) is 11.5 Å². The first-order valence-electron chi connectivity index (χ1n) is 8.57. The summed E-state index contributed by atoms with van der Waals surface area (Å²) in [5, 5.41) is 4.11. The topological polar surface area (TPSA) is 89.1 Å². The van der Waals surface area contributed by atoms with Crippen molar-refractivity contribution in [2.45, 2.75) is 25.2 Å². The van der Waals surface area contributed by atoms with Gasteiger partial charge in [-0.2, -0.15) is 4.98 Å². The van der Waals surface area contributed by atoms with Crippen LogP contribution in [0.4, 0.5) is 11.6 Å². The monoisotopic (exact) mass is 352 g/mol. The molecule has 0 spiro atoms. The summed E-state index contributed by atoms with van der Waals surface area (Å²) in [6.45, 7) is 0. The Morgan fingerprint density at radius 1 is 1.08 bits per heavy atom. The smallest absolute Gasteiger partial charge is 0.249 e. The van der Waals surface area contributed by atoms with E-state index < -0.39 is 0 Å². The van der Waals surface area contributed by atoms with E-state index in [1.165, 1.54) is 12.5 Å². The largest absolute Gasteiger partial charge is 0.497 e. The molecule has 1 aromatic carbocycles. The maximum atomic E-state index is 11.7. The molecule has 26 heavy (non-hydrogen) atoms. The van der Waals surface area contributed by atoms with Gasteiger partial charge in [0, 0.05) is 41.3 Å². The van der Waals surface area contributed by atoms with Crippen LogP contribution in [0.2, 0.25) is 0 Å². The van der Waals surface area contributed by atoms with Gasteiger partial charge in [-0.3, -0.25) is 4.79 Å². The number of hydrogen-bond donors (Lipinski definition) is 2.